The number of fused-ring (bicyclic) bond motifs is 2. The van der Waals surface area contributed by atoms with Crippen molar-refractivity contribution in [3.63, 3.8) is 0 Å². The van der Waals surface area contributed by atoms with Crippen molar-refractivity contribution >= 4 is 43.5 Å². The third-order valence-corrected chi connectivity index (χ3v) is 5.99. The second kappa shape index (κ2) is 8.21. The Balaban J connectivity index is 1.52. The molecular formula is C23H17F2N5O2S. The van der Waals surface area contributed by atoms with Gasteiger partial charge in [-0.3, -0.25) is 14.8 Å². The molecule has 0 fully saturated rings. The molecule has 0 unspecified atom stereocenters. The average molecular weight is 465 g/mol. The van der Waals surface area contributed by atoms with Crippen LogP contribution in [0, 0.1) is 6.92 Å². The number of carbonyl (C=O) groups is 1. The summed E-state index contributed by atoms with van der Waals surface area (Å²) in [6, 6.07) is 13.6. The molecule has 10 heteroatoms. The van der Waals surface area contributed by atoms with Gasteiger partial charge in [-0.2, -0.15) is 13.9 Å². The number of amides is 1. The topological polar surface area (TPSA) is 81.9 Å². The van der Waals surface area contributed by atoms with Gasteiger partial charge in [0.25, 0.3) is 5.91 Å². The normalized spacial score (nSPS) is 11.4. The van der Waals surface area contributed by atoms with E-state index in [1.165, 1.54) is 23.5 Å². The molecule has 3 aromatic heterocycles. The predicted octanol–water partition coefficient (Wildman–Crippen LogP) is 5.41. The Morgan fingerprint density at radius 1 is 1.12 bits per heavy atom. The minimum absolute atomic E-state index is 0.0376. The third kappa shape index (κ3) is 4.12. The zero-order valence-electron chi connectivity index (χ0n) is 17.5. The molecule has 0 aliphatic heterocycles. The first-order valence-corrected chi connectivity index (χ1v) is 10.8. The van der Waals surface area contributed by atoms with Gasteiger partial charge in [-0.25, -0.2) is 9.97 Å². The molecule has 1 amide bonds. The number of nitrogens with zero attached hydrogens (tertiary/aromatic N) is 4. The van der Waals surface area contributed by atoms with E-state index in [4.69, 9.17) is 4.98 Å². The monoisotopic (exact) mass is 465 g/mol. The van der Waals surface area contributed by atoms with Crippen molar-refractivity contribution < 1.29 is 18.3 Å². The summed E-state index contributed by atoms with van der Waals surface area (Å²) in [6.45, 7) is -1.02. The predicted molar refractivity (Wildman–Crippen MR) is 123 cm³/mol. The first kappa shape index (κ1) is 21.0. The molecule has 5 aromatic rings. The summed E-state index contributed by atoms with van der Waals surface area (Å²) < 4.78 is 31.7. The number of aryl methyl sites for hydroxylation is 2. The van der Waals surface area contributed by atoms with Crippen molar-refractivity contribution in [2.24, 2.45) is 7.05 Å². The molecular weight excluding hydrogens is 448 g/mol. The summed E-state index contributed by atoms with van der Waals surface area (Å²) >= 11 is 1.18. The molecule has 0 atom stereocenters. The zero-order chi connectivity index (χ0) is 23.1. The van der Waals surface area contributed by atoms with Crippen molar-refractivity contribution in [2.45, 2.75) is 13.5 Å². The van der Waals surface area contributed by atoms with Gasteiger partial charge in [-0.15, -0.1) is 0 Å². The number of halogens is 2. The van der Waals surface area contributed by atoms with E-state index >= 15 is 0 Å². The average Bonchev–Trinajstić information content (AvgIpc) is 3.33. The van der Waals surface area contributed by atoms with Crippen LogP contribution in [0.3, 0.4) is 0 Å². The van der Waals surface area contributed by atoms with Crippen LogP contribution in [0.15, 0.2) is 54.7 Å². The Kier molecular flexibility index (Phi) is 5.21. The second-order valence-electron chi connectivity index (χ2n) is 7.36. The Morgan fingerprint density at radius 2 is 1.94 bits per heavy atom. The minimum Gasteiger partial charge on any atom is -0.435 e. The Morgan fingerprint density at radius 3 is 2.70 bits per heavy atom. The molecule has 166 valence electrons. The molecule has 7 nitrogen and oxygen atoms in total. The maximum Gasteiger partial charge on any atom is 0.387 e. The Hall–Kier alpha value is -3.92. The van der Waals surface area contributed by atoms with Crippen LogP contribution in [0.4, 0.5) is 13.9 Å². The van der Waals surface area contributed by atoms with Crippen LogP contribution in [0.1, 0.15) is 16.1 Å². The minimum atomic E-state index is -2.91. The van der Waals surface area contributed by atoms with Crippen molar-refractivity contribution in [1.82, 2.24) is 19.7 Å². The fraction of sp³-hybridized carbons (Fsp3) is 0.130. The van der Waals surface area contributed by atoms with Crippen molar-refractivity contribution in [1.29, 1.82) is 0 Å². The van der Waals surface area contributed by atoms with Crippen LogP contribution in [0.2, 0.25) is 0 Å². The highest BCUT2D eigenvalue weighted by Gasteiger charge is 2.18. The van der Waals surface area contributed by atoms with Crippen LogP contribution in [0.25, 0.3) is 32.4 Å². The highest BCUT2D eigenvalue weighted by molar-refractivity contribution is 7.22. The van der Waals surface area contributed by atoms with Crippen molar-refractivity contribution in [2.75, 3.05) is 5.32 Å². The number of hydrogen-bond acceptors (Lipinski definition) is 6. The van der Waals surface area contributed by atoms with Crippen LogP contribution in [0.5, 0.6) is 5.75 Å². The maximum atomic E-state index is 13.3. The maximum absolute atomic E-state index is 13.3. The van der Waals surface area contributed by atoms with E-state index in [9.17, 15) is 13.6 Å². The van der Waals surface area contributed by atoms with Crippen molar-refractivity contribution in [3.8, 4) is 17.0 Å². The van der Waals surface area contributed by atoms with Crippen LogP contribution in [-0.4, -0.2) is 32.3 Å². The molecule has 5 rings (SSSR count). The first-order valence-electron chi connectivity index (χ1n) is 9.94. The summed E-state index contributed by atoms with van der Waals surface area (Å²) in [5.41, 5.74) is 3.98. The van der Waals surface area contributed by atoms with Crippen LogP contribution in [-0.2, 0) is 7.05 Å². The second-order valence-corrected chi connectivity index (χ2v) is 8.39. The van der Waals surface area contributed by atoms with Gasteiger partial charge >= 0.3 is 6.61 Å². The SMILES string of the molecule is Cc1nn(C)cc1-c1cc(C(=O)Nc2nc3ccc(OC(F)F)cc3s2)c2ccccc2n1. The lowest BCUT2D eigenvalue weighted by molar-refractivity contribution is -0.0497. The van der Waals surface area contributed by atoms with E-state index in [1.54, 1.807) is 16.8 Å². The molecule has 2 aromatic carbocycles. The number of nitrogens with one attached hydrogen (secondary N) is 1. The van der Waals surface area contributed by atoms with Gasteiger partial charge in [0, 0.05) is 24.2 Å². The van der Waals surface area contributed by atoms with Gasteiger partial charge in [0.05, 0.1) is 32.7 Å². The molecule has 0 radical (unpaired) electrons. The number of carbonyl (C=O) groups excluding carboxylic acids is 1. The molecule has 0 aliphatic rings. The van der Waals surface area contributed by atoms with E-state index in [1.807, 2.05) is 44.4 Å². The molecule has 3 heterocycles. The molecule has 0 aliphatic carbocycles. The Bertz CT molecular complexity index is 1510. The summed E-state index contributed by atoms with van der Waals surface area (Å²) in [7, 11) is 1.83. The largest absolute Gasteiger partial charge is 0.435 e. The summed E-state index contributed by atoms with van der Waals surface area (Å²) in [4.78, 5) is 22.4. The Labute approximate surface area is 190 Å². The number of ether oxygens (including phenoxy) is 1. The smallest absolute Gasteiger partial charge is 0.387 e. The lowest BCUT2D eigenvalue weighted by Crippen LogP contribution is -2.13. The number of benzene rings is 2. The van der Waals surface area contributed by atoms with Gasteiger partial charge in [0.2, 0.25) is 0 Å². The van der Waals surface area contributed by atoms with E-state index in [2.05, 4.69) is 20.1 Å². The molecule has 0 saturated carbocycles. The number of anilines is 1. The van der Waals surface area contributed by atoms with Gasteiger partial charge < -0.3 is 4.74 Å². The van der Waals surface area contributed by atoms with Gasteiger partial charge in [-0.05, 0) is 37.3 Å². The first-order chi connectivity index (χ1) is 15.9. The lowest BCUT2D eigenvalue weighted by Gasteiger charge is -2.09. The summed E-state index contributed by atoms with van der Waals surface area (Å²) in [6.07, 6.45) is 1.86. The van der Waals surface area contributed by atoms with E-state index in [0.717, 1.165) is 11.3 Å². The number of para-hydroxylation sites is 1. The molecule has 0 saturated heterocycles. The molecule has 0 bridgehead atoms. The molecule has 0 spiro atoms. The summed E-state index contributed by atoms with van der Waals surface area (Å²) in [5, 5.41) is 8.25. The van der Waals surface area contributed by atoms with Gasteiger partial charge in [0.1, 0.15) is 5.75 Å². The lowest BCUT2D eigenvalue weighted by atomic mass is 10.0. The standard InChI is InChI=1S/C23H17F2N5O2S/c1-12-16(11-30(2)29-12)19-10-15(14-5-3-4-6-17(14)26-19)21(31)28-23-27-18-8-7-13(32-22(24)25)9-20(18)33-23/h3-11,22H,1-2H3,(H,27,28,31). The highest BCUT2D eigenvalue weighted by atomic mass is 32.1. The zero-order valence-corrected chi connectivity index (χ0v) is 18.4. The fourth-order valence-electron chi connectivity index (χ4n) is 3.65. The number of rotatable bonds is 5. The number of thiazole rings is 1. The number of alkyl halides is 2. The fourth-order valence-corrected chi connectivity index (χ4v) is 4.54. The van der Waals surface area contributed by atoms with Crippen LogP contribution < -0.4 is 10.1 Å². The van der Waals surface area contributed by atoms with E-state index in [0.29, 0.717) is 37.5 Å². The van der Waals surface area contributed by atoms with Crippen molar-refractivity contribution in [3.05, 3.63) is 66.0 Å². The molecule has 33 heavy (non-hydrogen) atoms. The third-order valence-electron chi connectivity index (χ3n) is 5.06. The van der Waals surface area contributed by atoms with Gasteiger partial charge in [0.15, 0.2) is 5.13 Å². The summed E-state index contributed by atoms with van der Waals surface area (Å²) in [5.74, 6) is -0.310. The van der Waals surface area contributed by atoms with E-state index in [-0.39, 0.29) is 11.7 Å². The van der Waals surface area contributed by atoms with Crippen LogP contribution >= 0.6 is 11.3 Å². The quantitative estimate of drug-likeness (QED) is 0.376. The number of pyridine rings is 1. The number of aromatic nitrogens is 4. The number of hydrogen-bond donors (Lipinski definition) is 1. The van der Waals surface area contributed by atoms with Gasteiger partial charge in [-0.1, -0.05) is 29.5 Å². The highest BCUT2D eigenvalue weighted by Crippen LogP contribution is 2.31. The molecule has 1 N–H and O–H groups in total. The van der Waals surface area contributed by atoms with E-state index < -0.39 is 6.61 Å².